The maximum atomic E-state index is 14.2. The Balaban J connectivity index is 1.49. The molecule has 2 fully saturated rings. The number of nitrogens with two attached hydrogens (primary N) is 1. The number of alkyl carbamates (subject to hydrolysis) is 1. The molecule has 7 atom stereocenters. The van der Waals surface area contributed by atoms with Gasteiger partial charge in [-0.05, 0) is 74.3 Å². The zero-order valence-electron chi connectivity index (χ0n) is 33.7. The summed E-state index contributed by atoms with van der Waals surface area (Å²) in [4.78, 5) is 66.9. The third-order valence-electron chi connectivity index (χ3n) is 9.53. The highest BCUT2D eigenvalue weighted by Crippen LogP contribution is 2.49. The Bertz CT molecular complexity index is 1780. The van der Waals surface area contributed by atoms with Crippen molar-refractivity contribution in [3.63, 3.8) is 0 Å². The number of aromatic amines is 1. The number of carbonyl (C=O) groups is 4. The lowest BCUT2D eigenvalue weighted by Crippen LogP contribution is -2.60. The molecular weight excluding hydrogens is 714 g/mol. The number of anilines is 1. The number of hydrogen-bond acceptors (Lipinski definition) is 13. The van der Waals surface area contributed by atoms with Crippen LogP contribution in [0.15, 0.2) is 24.2 Å². The number of esters is 1. The lowest BCUT2D eigenvalue weighted by molar-refractivity contribution is -0.171. The Morgan fingerprint density at radius 1 is 1.02 bits per heavy atom. The first-order valence-electron chi connectivity index (χ1n) is 18.9. The largest absolute Gasteiger partial charge is 0.460 e. The van der Waals surface area contributed by atoms with Gasteiger partial charge in [-0.1, -0.05) is 13.8 Å². The van der Waals surface area contributed by atoms with Crippen molar-refractivity contribution in [2.24, 2.45) is 0 Å². The standard InChI is InChI=1S/C38H57N7O10/c1-12-21(13-2)51-25-15-20(14-23(27(25)43-19(3)46)44-34(48)54-36(4,5)6)33(47)50-17-24-30-31(53-38(10,11)52-30)29(45(24)35(49)55-37(7,8)9)22-16-40-28-26(22)41-18-42-32(28)39/h15-16,18,21,23-25,27,29-31,40H,12-14,17H2,1-11H3,(H,43,46)(H,44,48)(H2,39,41,42)/t23-,24?,25+,27+,29?,30?,31?/m0/s1. The van der Waals surface area contributed by atoms with Gasteiger partial charge in [0.15, 0.2) is 11.6 Å². The van der Waals surface area contributed by atoms with E-state index in [1.165, 1.54) is 18.2 Å². The van der Waals surface area contributed by atoms with E-state index in [1.54, 1.807) is 67.7 Å². The minimum absolute atomic E-state index is 0.00989. The molecule has 2 aromatic rings. The van der Waals surface area contributed by atoms with E-state index in [-0.39, 0.29) is 36.4 Å². The third kappa shape index (κ3) is 9.67. The van der Waals surface area contributed by atoms with Crippen molar-refractivity contribution in [1.82, 2.24) is 30.5 Å². The van der Waals surface area contributed by atoms with Crippen LogP contribution in [-0.4, -0.2) is 110 Å². The number of nitrogens with zero attached hydrogens (tertiary/aromatic N) is 3. The molecule has 1 aliphatic carbocycles. The Morgan fingerprint density at radius 3 is 2.29 bits per heavy atom. The summed E-state index contributed by atoms with van der Waals surface area (Å²) in [5.74, 6) is -1.85. The fourth-order valence-corrected chi connectivity index (χ4v) is 7.36. The van der Waals surface area contributed by atoms with Crippen LogP contribution in [0.25, 0.3) is 11.0 Å². The van der Waals surface area contributed by atoms with Crippen LogP contribution in [0, 0.1) is 0 Å². The molecule has 4 unspecified atom stereocenters. The summed E-state index contributed by atoms with van der Waals surface area (Å²) in [5, 5.41) is 5.75. The predicted molar refractivity (Wildman–Crippen MR) is 200 cm³/mol. The summed E-state index contributed by atoms with van der Waals surface area (Å²) in [6.07, 6.45) is 2.17. The summed E-state index contributed by atoms with van der Waals surface area (Å²) in [5.41, 5.74) is 6.28. The van der Waals surface area contributed by atoms with E-state index in [0.29, 0.717) is 29.4 Å². The van der Waals surface area contributed by atoms with Gasteiger partial charge in [-0.25, -0.2) is 24.4 Å². The van der Waals surface area contributed by atoms with Crippen molar-refractivity contribution in [3.05, 3.63) is 29.7 Å². The first-order valence-corrected chi connectivity index (χ1v) is 18.9. The zero-order valence-corrected chi connectivity index (χ0v) is 33.7. The number of fused-ring (bicyclic) bond motifs is 2. The fourth-order valence-electron chi connectivity index (χ4n) is 7.36. The van der Waals surface area contributed by atoms with Crippen molar-refractivity contribution >= 4 is 40.9 Å². The number of nitrogens with one attached hydrogen (secondary N) is 3. The average molecular weight is 772 g/mol. The molecule has 4 heterocycles. The third-order valence-corrected chi connectivity index (χ3v) is 9.53. The number of ether oxygens (including phenoxy) is 6. The monoisotopic (exact) mass is 771 g/mol. The second-order valence-corrected chi connectivity index (χ2v) is 16.7. The predicted octanol–water partition coefficient (Wildman–Crippen LogP) is 4.57. The molecule has 0 bridgehead atoms. The lowest BCUT2D eigenvalue weighted by atomic mass is 9.87. The number of carbonyl (C=O) groups excluding carboxylic acids is 4. The number of hydrogen-bond donors (Lipinski definition) is 4. The van der Waals surface area contributed by atoms with Gasteiger partial charge in [0, 0.05) is 30.7 Å². The lowest BCUT2D eigenvalue weighted by Gasteiger charge is -2.39. The molecule has 2 aromatic heterocycles. The maximum Gasteiger partial charge on any atom is 0.411 e. The second kappa shape index (κ2) is 15.9. The van der Waals surface area contributed by atoms with Crippen LogP contribution in [0.1, 0.15) is 107 Å². The normalized spacial score (nSPS) is 26.4. The molecule has 0 spiro atoms. The van der Waals surface area contributed by atoms with E-state index in [2.05, 4.69) is 25.6 Å². The van der Waals surface area contributed by atoms with Gasteiger partial charge in [0.2, 0.25) is 5.91 Å². The van der Waals surface area contributed by atoms with Gasteiger partial charge in [0.25, 0.3) is 0 Å². The number of rotatable bonds is 10. The quantitative estimate of drug-likeness (QED) is 0.193. The summed E-state index contributed by atoms with van der Waals surface area (Å²) < 4.78 is 36.8. The van der Waals surface area contributed by atoms with Crippen molar-refractivity contribution in [3.8, 4) is 0 Å². The van der Waals surface area contributed by atoms with Crippen LogP contribution in [0.3, 0.4) is 0 Å². The molecule has 2 aliphatic heterocycles. The first-order chi connectivity index (χ1) is 25.6. The van der Waals surface area contributed by atoms with Gasteiger partial charge < -0.3 is 49.8 Å². The second-order valence-electron chi connectivity index (χ2n) is 16.7. The summed E-state index contributed by atoms with van der Waals surface area (Å²) in [6.45, 7) is 19.1. The highest BCUT2D eigenvalue weighted by atomic mass is 16.8. The number of nitrogen functional groups attached to an aromatic ring is 1. The molecule has 0 aromatic carbocycles. The van der Waals surface area contributed by atoms with Crippen LogP contribution >= 0.6 is 0 Å². The van der Waals surface area contributed by atoms with E-state index in [9.17, 15) is 19.2 Å². The minimum atomic E-state index is -1.04. The van der Waals surface area contributed by atoms with E-state index in [4.69, 9.17) is 34.2 Å². The smallest absolute Gasteiger partial charge is 0.411 e. The number of aromatic nitrogens is 3. The SMILES string of the molecule is CCC(CC)O[C@@H]1C=C(C(=O)OCC2C3OC(C)(C)OC3C(c3c[nH]c4c(N)ncnc34)N2C(=O)OC(C)(C)C)C[C@H](NC(=O)OC(C)(C)C)[C@H]1NC(C)=O. The van der Waals surface area contributed by atoms with E-state index in [0.717, 1.165) is 0 Å². The molecule has 55 heavy (non-hydrogen) atoms. The Hall–Kier alpha value is -4.48. The molecule has 0 radical (unpaired) electrons. The molecule has 5 N–H and O–H groups in total. The number of H-pyrrole nitrogens is 1. The average Bonchev–Trinajstić information content (AvgIpc) is 3.71. The number of amides is 3. The molecular formula is C38H57N7O10. The van der Waals surface area contributed by atoms with Gasteiger partial charge in [-0.15, -0.1) is 0 Å². The first kappa shape index (κ1) is 41.7. The molecule has 17 heteroatoms. The van der Waals surface area contributed by atoms with Crippen molar-refractivity contribution in [2.45, 2.75) is 161 Å². The van der Waals surface area contributed by atoms with Crippen LogP contribution in [-0.2, 0) is 38.0 Å². The Morgan fingerprint density at radius 2 is 1.67 bits per heavy atom. The molecule has 304 valence electrons. The molecule has 3 aliphatic rings. The van der Waals surface area contributed by atoms with Crippen molar-refractivity contribution in [2.75, 3.05) is 12.3 Å². The van der Waals surface area contributed by atoms with Crippen LogP contribution < -0.4 is 16.4 Å². The molecule has 17 nitrogen and oxygen atoms in total. The number of likely N-dealkylation sites (tertiary alicyclic amines) is 1. The van der Waals surface area contributed by atoms with Gasteiger partial charge in [-0.2, -0.15) is 0 Å². The minimum Gasteiger partial charge on any atom is -0.460 e. The zero-order chi connectivity index (χ0) is 40.6. The van der Waals surface area contributed by atoms with Gasteiger partial charge in [0.05, 0.1) is 41.9 Å². The van der Waals surface area contributed by atoms with E-state index >= 15 is 0 Å². The van der Waals surface area contributed by atoms with E-state index < -0.39 is 77.6 Å². The maximum absolute atomic E-state index is 14.2. The van der Waals surface area contributed by atoms with E-state index in [1.807, 2.05) is 13.8 Å². The summed E-state index contributed by atoms with van der Waals surface area (Å²) in [7, 11) is 0. The molecule has 3 amide bonds. The molecule has 5 rings (SSSR count). The van der Waals surface area contributed by atoms with Crippen LogP contribution in [0.4, 0.5) is 15.4 Å². The van der Waals surface area contributed by atoms with Gasteiger partial charge in [-0.3, -0.25) is 9.69 Å². The Kier molecular flexibility index (Phi) is 12.1. The van der Waals surface area contributed by atoms with Crippen LogP contribution in [0.2, 0.25) is 0 Å². The Labute approximate surface area is 321 Å². The van der Waals surface area contributed by atoms with Crippen LogP contribution in [0.5, 0.6) is 0 Å². The fraction of sp³-hybridized carbons (Fsp3) is 0.684. The summed E-state index contributed by atoms with van der Waals surface area (Å²) in [6, 6.07) is -3.18. The van der Waals surface area contributed by atoms with Gasteiger partial charge in [0.1, 0.15) is 41.9 Å². The summed E-state index contributed by atoms with van der Waals surface area (Å²) >= 11 is 0. The van der Waals surface area contributed by atoms with Crippen molar-refractivity contribution in [1.29, 1.82) is 0 Å². The highest BCUT2D eigenvalue weighted by molar-refractivity contribution is 5.90. The van der Waals surface area contributed by atoms with Gasteiger partial charge >= 0.3 is 18.2 Å². The molecule has 2 saturated heterocycles. The molecule has 0 saturated carbocycles. The topological polar surface area (TPSA) is 219 Å². The highest BCUT2D eigenvalue weighted by Gasteiger charge is 2.61. The van der Waals surface area contributed by atoms with Crippen molar-refractivity contribution < 1.29 is 47.6 Å².